The maximum atomic E-state index is 12.3. The van der Waals surface area contributed by atoms with E-state index in [1.807, 2.05) is 6.07 Å². The predicted octanol–water partition coefficient (Wildman–Crippen LogP) is 2.18. The summed E-state index contributed by atoms with van der Waals surface area (Å²) in [5, 5.41) is 2.76. The number of benzene rings is 1. The Morgan fingerprint density at radius 1 is 1.17 bits per heavy atom. The van der Waals surface area contributed by atoms with Crippen molar-refractivity contribution in [3.05, 3.63) is 46.3 Å². The molecule has 1 aliphatic heterocycles. The molecule has 1 aromatic heterocycles. The Labute approximate surface area is 167 Å². The Morgan fingerprint density at radius 2 is 1.90 bits per heavy atom. The molecule has 3 rings (SSSR count). The number of H-pyrrole nitrogens is 1. The van der Waals surface area contributed by atoms with E-state index in [-0.39, 0.29) is 24.1 Å². The summed E-state index contributed by atoms with van der Waals surface area (Å²) in [6, 6.07) is 5.06. The van der Waals surface area contributed by atoms with Crippen molar-refractivity contribution in [2.75, 3.05) is 20.5 Å². The van der Waals surface area contributed by atoms with E-state index in [1.54, 1.807) is 32.9 Å². The number of esters is 2. The number of hydrogen-bond donors (Lipinski definition) is 2. The number of carbonyl (C=O) groups is 3. The smallest absolute Gasteiger partial charge is 0.355 e. The van der Waals surface area contributed by atoms with Crippen LogP contribution in [-0.2, 0) is 14.3 Å². The Kier molecular flexibility index (Phi) is 5.76. The number of aryl methyl sites for hydroxylation is 1. The molecule has 0 fully saturated rings. The number of fused-ring (bicyclic) bond motifs is 1. The van der Waals surface area contributed by atoms with Gasteiger partial charge in [-0.05, 0) is 44.0 Å². The summed E-state index contributed by atoms with van der Waals surface area (Å²) in [5.41, 5.74) is 2.11. The molecule has 0 saturated carbocycles. The number of hydrogen-bond acceptors (Lipinski definition) is 7. The molecule has 1 atom stereocenters. The number of carbonyl (C=O) groups excluding carboxylic acids is 3. The van der Waals surface area contributed by atoms with Gasteiger partial charge in [-0.25, -0.2) is 9.59 Å². The van der Waals surface area contributed by atoms with Gasteiger partial charge in [0.05, 0.1) is 18.7 Å². The molecule has 0 bridgehead atoms. The third-order valence-electron chi connectivity index (χ3n) is 4.64. The van der Waals surface area contributed by atoms with Crippen LogP contribution in [0.3, 0.4) is 0 Å². The molecule has 154 valence electrons. The van der Waals surface area contributed by atoms with Crippen molar-refractivity contribution in [1.29, 1.82) is 0 Å². The third-order valence-corrected chi connectivity index (χ3v) is 4.64. The van der Waals surface area contributed by atoms with Gasteiger partial charge in [-0.2, -0.15) is 0 Å². The van der Waals surface area contributed by atoms with Crippen LogP contribution < -0.4 is 14.8 Å². The highest BCUT2D eigenvalue weighted by molar-refractivity contribution is 5.99. The molecule has 2 heterocycles. The van der Waals surface area contributed by atoms with Gasteiger partial charge in [0.2, 0.25) is 6.79 Å². The maximum Gasteiger partial charge on any atom is 0.355 e. The molecule has 0 unspecified atom stereocenters. The molecular formula is C20H22N2O7. The largest absolute Gasteiger partial charge is 0.465 e. The normalized spacial score (nSPS) is 13.0. The van der Waals surface area contributed by atoms with Crippen molar-refractivity contribution >= 4 is 17.8 Å². The minimum atomic E-state index is -0.730. The minimum absolute atomic E-state index is 0.111. The van der Waals surface area contributed by atoms with E-state index in [0.717, 1.165) is 5.56 Å². The average molecular weight is 402 g/mol. The number of ether oxygens (including phenoxy) is 4. The summed E-state index contributed by atoms with van der Waals surface area (Å²) in [6.07, 6.45) is 0. The first-order valence-corrected chi connectivity index (χ1v) is 8.95. The van der Waals surface area contributed by atoms with Crippen LogP contribution in [0, 0.1) is 13.8 Å². The van der Waals surface area contributed by atoms with E-state index in [0.29, 0.717) is 22.8 Å². The van der Waals surface area contributed by atoms with E-state index in [1.165, 1.54) is 7.11 Å². The summed E-state index contributed by atoms with van der Waals surface area (Å²) in [7, 11) is 1.26. The Hall–Kier alpha value is -3.49. The maximum absolute atomic E-state index is 12.3. The van der Waals surface area contributed by atoms with Gasteiger partial charge in [-0.15, -0.1) is 0 Å². The molecule has 1 aliphatic rings. The van der Waals surface area contributed by atoms with E-state index in [2.05, 4.69) is 10.3 Å². The van der Waals surface area contributed by atoms with E-state index < -0.39 is 24.5 Å². The van der Waals surface area contributed by atoms with E-state index in [9.17, 15) is 14.4 Å². The van der Waals surface area contributed by atoms with Gasteiger partial charge in [0.25, 0.3) is 5.91 Å². The highest BCUT2D eigenvalue weighted by Gasteiger charge is 2.24. The highest BCUT2D eigenvalue weighted by Crippen LogP contribution is 2.34. The van der Waals surface area contributed by atoms with Gasteiger partial charge in [-0.1, -0.05) is 6.07 Å². The second-order valence-electron chi connectivity index (χ2n) is 6.59. The first-order chi connectivity index (χ1) is 13.8. The molecule has 2 aromatic rings. The zero-order valence-corrected chi connectivity index (χ0v) is 16.6. The standard InChI is InChI=1S/C20H22N2O7/c1-10-17(19(24)26-4)12(3)22-18(10)20(25)27-8-16(23)21-11(2)13-5-6-14-15(7-13)29-9-28-14/h5-7,11,22H,8-9H2,1-4H3,(H,21,23)/t11-/m1/s1. The molecule has 2 N–H and O–H groups in total. The second-order valence-corrected chi connectivity index (χ2v) is 6.59. The summed E-state index contributed by atoms with van der Waals surface area (Å²) in [6.45, 7) is 4.77. The topological polar surface area (TPSA) is 116 Å². The molecule has 9 heteroatoms. The third kappa shape index (κ3) is 4.18. The lowest BCUT2D eigenvalue weighted by Crippen LogP contribution is -2.31. The predicted molar refractivity (Wildman–Crippen MR) is 101 cm³/mol. The van der Waals surface area contributed by atoms with Crippen molar-refractivity contribution in [2.45, 2.75) is 26.8 Å². The Bertz CT molecular complexity index is 964. The van der Waals surface area contributed by atoms with Crippen LogP contribution in [-0.4, -0.2) is 43.3 Å². The quantitative estimate of drug-likeness (QED) is 0.712. The number of amides is 1. The lowest BCUT2D eigenvalue weighted by molar-refractivity contribution is -0.124. The number of aromatic nitrogens is 1. The zero-order valence-electron chi connectivity index (χ0n) is 16.6. The van der Waals surface area contributed by atoms with Crippen LogP contribution in [0.1, 0.15) is 50.6 Å². The van der Waals surface area contributed by atoms with Gasteiger partial charge < -0.3 is 29.2 Å². The zero-order chi connectivity index (χ0) is 21.1. The van der Waals surface area contributed by atoms with Crippen molar-refractivity contribution in [3.8, 4) is 11.5 Å². The minimum Gasteiger partial charge on any atom is -0.465 e. The van der Waals surface area contributed by atoms with Gasteiger partial charge in [0, 0.05) is 5.69 Å². The number of aromatic amines is 1. The lowest BCUT2D eigenvalue weighted by atomic mass is 10.1. The Balaban J connectivity index is 1.58. The number of methoxy groups -OCH3 is 1. The first kappa shape index (κ1) is 20.2. The highest BCUT2D eigenvalue weighted by atomic mass is 16.7. The SMILES string of the molecule is COC(=O)c1c(C)[nH]c(C(=O)OCC(=O)N[C@H](C)c2ccc3c(c2)OCO3)c1C. The monoisotopic (exact) mass is 402 g/mol. The first-order valence-electron chi connectivity index (χ1n) is 8.95. The summed E-state index contributed by atoms with van der Waals surface area (Å²) in [5.74, 6) is -0.465. The summed E-state index contributed by atoms with van der Waals surface area (Å²) >= 11 is 0. The van der Waals surface area contributed by atoms with Crippen LogP contribution in [0.25, 0.3) is 0 Å². The van der Waals surface area contributed by atoms with Crippen molar-refractivity contribution in [3.63, 3.8) is 0 Å². The van der Waals surface area contributed by atoms with Crippen molar-refractivity contribution < 1.29 is 33.3 Å². The number of rotatable bonds is 6. The average Bonchev–Trinajstić information content (AvgIpc) is 3.28. The second kappa shape index (κ2) is 8.26. The molecular weight excluding hydrogens is 380 g/mol. The molecule has 0 radical (unpaired) electrons. The summed E-state index contributed by atoms with van der Waals surface area (Å²) in [4.78, 5) is 39.1. The van der Waals surface area contributed by atoms with E-state index >= 15 is 0 Å². The van der Waals surface area contributed by atoms with Crippen LogP contribution in [0.5, 0.6) is 11.5 Å². The van der Waals surface area contributed by atoms with Crippen LogP contribution >= 0.6 is 0 Å². The fourth-order valence-electron chi connectivity index (χ4n) is 3.11. The molecule has 0 spiro atoms. The van der Waals surface area contributed by atoms with Gasteiger partial charge >= 0.3 is 11.9 Å². The van der Waals surface area contributed by atoms with Gasteiger partial charge in [0.1, 0.15) is 5.69 Å². The fourth-order valence-corrected chi connectivity index (χ4v) is 3.11. The lowest BCUT2D eigenvalue weighted by Gasteiger charge is -2.15. The molecule has 1 amide bonds. The van der Waals surface area contributed by atoms with Crippen LogP contribution in [0.15, 0.2) is 18.2 Å². The summed E-state index contributed by atoms with van der Waals surface area (Å²) < 4.78 is 20.4. The molecule has 1 aromatic carbocycles. The molecule has 29 heavy (non-hydrogen) atoms. The van der Waals surface area contributed by atoms with Crippen LogP contribution in [0.2, 0.25) is 0 Å². The van der Waals surface area contributed by atoms with Crippen molar-refractivity contribution in [1.82, 2.24) is 10.3 Å². The van der Waals surface area contributed by atoms with E-state index in [4.69, 9.17) is 18.9 Å². The molecule has 0 saturated heterocycles. The fraction of sp³-hybridized carbons (Fsp3) is 0.350. The molecule has 9 nitrogen and oxygen atoms in total. The number of nitrogens with one attached hydrogen (secondary N) is 2. The van der Waals surface area contributed by atoms with Crippen molar-refractivity contribution in [2.24, 2.45) is 0 Å². The molecule has 0 aliphatic carbocycles. The van der Waals surface area contributed by atoms with Gasteiger partial charge in [-0.3, -0.25) is 4.79 Å². The Morgan fingerprint density at radius 3 is 2.62 bits per heavy atom. The van der Waals surface area contributed by atoms with Gasteiger partial charge in [0.15, 0.2) is 18.1 Å². The van der Waals surface area contributed by atoms with Crippen LogP contribution in [0.4, 0.5) is 0 Å².